The molecule has 2 rings (SSSR count). The number of nitrogens with zero attached hydrogens (tertiary/aromatic N) is 1. The van der Waals surface area contributed by atoms with Crippen LogP contribution in [0.5, 0.6) is 0 Å². The van der Waals surface area contributed by atoms with Gasteiger partial charge in [0.1, 0.15) is 0 Å². The van der Waals surface area contributed by atoms with E-state index in [-0.39, 0.29) is 5.84 Å². The zero-order valence-corrected chi connectivity index (χ0v) is 13.3. The van der Waals surface area contributed by atoms with E-state index in [4.69, 9.17) is 10.6 Å². The Kier molecular flexibility index (Phi) is 5.32. The summed E-state index contributed by atoms with van der Waals surface area (Å²) in [6.45, 7) is 0. The lowest BCUT2D eigenvalue weighted by atomic mass is 10.2. The number of carbonyl (C=O) groups excluding carboxylic acids is 2. The monoisotopic (exact) mass is 334 g/mol. The highest BCUT2D eigenvalue weighted by molar-refractivity contribution is 7.20. The van der Waals surface area contributed by atoms with Gasteiger partial charge in [-0.2, -0.15) is 0 Å². The Morgan fingerprint density at radius 3 is 2.61 bits per heavy atom. The molecule has 0 atom stereocenters. The van der Waals surface area contributed by atoms with E-state index in [1.54, 1.807) is 0 Å². The van der Waals surface area contributed by atoms with Crippen LogP contribution in [0, 0.1) is 0 Å². The molecule has 1 heterocycles. The average Bonchev–Trinajstić information content (AvgIpc) is 3.01. The molecule has 23 heavy (non-hydrogen) atoms. The quantitative estimate of drug-likeness (QED) is 0.223. The molecule has 0 radical (unpaired) electrons. The van der Waals surface area contributed by atoms with E-state index in [2.05, 4.69) is 14.6 Å². The lowest BCUT2D eigenvalue weighted by molar-refractivity contribution is -0.142. The number of benzene rings is 1. The molecule has 0 spiro atoms. The van der Waals surface area contributed by atoms with E-state index in [0.29, 0.717) is 4.88 Å². The minimum absolute atomic E-state index is 0.0749. The van der Waals surface area contributed by atoms with E-state index < -0.39 is 17.7 Å². The molecule has 0 unspecified atom stereocenters. The minimum atomic E-state index is -0.872. The third kappa shape index (κ3) is 4.07. The van der Waals surface area contributed by atoms with Gasteiger partial charge in [-0.25, -0.2) is 9.59 Å². The number of thiophene rings is 1. The molecule has 0 bridgehead atoms. The van der Waals surface area contributed by atoms with Crippen LogP contribution in [-0.4, -0.2) is 32.0 Å². The average molecular weight is 334 g/mol. The van der Waals surface area contributed by atoms with Gasteiger partial charge in [0.2, 0.25) is 5.76 Å². The van der Waals surface area contributed by atoms with E-state index >= 15 is 0 Å². The topological polar surface area (TPSA) is 100 Å². The van der Waals surface area contributed by atoms with E-state index in [1.807, 2.05) is 30.3 Å². The Morgan fingerprint density at radius 1 is 1.22 bits per heavy atom. The van der Waals surface area contributed by atoms with Crippen molar-refractivity contribution in [1.82, 2.24) is 0 Å². The van der Waals surface area contributed by atoms with Crippen LogP contribution in [0.3, 0.4) is 0 Å². The van der Waals surface area contributed by atoms with Crippen LogP contribution in [0.1, 0.15) is 4.88 Å². The zero-order chi connectivity index (χ0) is 16.8. The minimum Gasteiger partial charge on any atom is -0.466 e. The van der Waals surface area contributed by atoms with E-state index in [0.717, 1.165) is 23.3 Å². The van der Waals surface area contributed by atoms with Gasteiger partial charge in [0.05, 0.1) is 25.2 Å². The van der Waals surface area contributed by atoms with Crippen molar-refractivity contribution in [3.05, 3.63) is 47.0 Å². The first-order chi connectivity index (χ1) is 11.0. The third-order valence-corrected chi connectivity index (χ3v) is 3.90. The van der Waals surface area contributed by atoms with E-state index in [9.17, 15) is 9.59 Å². The summed E-state index contributed by atoms with van der Waals surface area (Å²) in [6, 6.07) is 9.58. The lowest BCUT2D eigenvalue weighted by Gasteiger charge is -2.03. The van der Waals surface area contributed by atoms with Gasteiger partial charge in [-0.15, -0.1) is 11.3 Å². The first-order valence-electron chi connectivity index (χ1n) is 6.42. The van der Waals surface area contributed by atoms with Crippen LogP contribution in [0.15, 0.2) is 47.3 Å². The summed E-state index contributed by atoms with van der Waals surface area (Å²) in [5, 5.41) is 4.69. The number of amidine groups is 1. The number of carbonyl (C=O) groups is 2. The molecule has 1 aromatic heterocycles. The Balaban J connectivity index is 2.23. The van der Waals surface area contributed by atoms with Crippen LogP contribution >= 0.6 is 11.3 Å². The number of ether oxygens (including phenoxy) is 2. The Bertz CT molecular complexity index is 761. The molecule has 8 heteroatoms. The fourth-order valence-electron chi connectivity index (χ4n) is 1.64. The van der Waals surface area contributed by atoms with Gasteiger partial charge >= 0.3 is 11.9 Å². The fraction of sp³-hybridized carbons (Fsp3) is 0.133. The van der Waals surface area contributed by atoms with Crippen LogP contribution in [0.4, 0.5) is 0 Å². The molecule has 2 aromatic rings. The van der Waals surface area contributed by atoms with Gasteiger partial charge < -0.3 is 20.0 Å². The zero-order valence-electron chi connectivity index (χ0n) is 12.4. The number of methoxy groups -OCH3 is 2. The van der Waals surface area contributed by atoms with Crippen molar-refractivity contribution in [2.24, 2.45) is 10.9 Å². The molecule has 120 valence electrons. The second-order valence-electron chi connectivity index (χ2n) is 4.24. The fourth-order valence-corrected chi connectivity index (χ4v) is 2.60. The standard InChI is InChI=1S/C15H14N2O5S/c1-20-13(18)8-10(15(19)21-2)22-17-14(16)12-7-9-5-3-4-6-11(9)23-12/h3-8H,1-2H3,(H2,16,17)/b10-8+. The second-order valence-corrected chi connectivity index (χ2v) is 5.32. The van der Waals surface area contributed by atoms with Crippen LogP contribution in [0.25, 0.3) is 10.1 Å². The molecule has 1 aromatic carbocycles. The molecule has 0 saturated heterocycles. The van der Waals surface area contributed by atoms with Gasteiger partial charge in [0.15, 0.2) is 5.84 Å². The number of hydrogen-bond donors (Lipinski definition) is 1. The van der Waals surface area contributed by atoms with Gasteiger partial charge in [0.25, 0.3) is 0 Å². The molecule has 7 nitrogen and oxygen atoms in total. The smallest absolute Gasteiger partial charge is 0.377 e. The third-order valence-electron chi connectivity index (χ3n) is 2.76. The Morgan fingerprint density at radius 2 is 1.96 bits per heavy atom. The van der Waals surface area contributed by atoms with Crippen molar-refractivity contribution in [1.29, 1.82) is 0 Å². The molecule has 0 amide bonds. The summed E-state index contributed by atoms with van der Waals surface area (Å²) < 4.78 is 9.96. The van der Waals surface area contributed by atoms with Crippen molar-refractivity contribution in [3.63, 3.8) is 0 Å². The summed E-state index contributed by atoms with van der Waals surface area (Å²) in [4.78, 5) is 28.3. The van der Waals surface area contributed by atoms with Crippen LogP contribution in [0.2, 0.25) is 0 Å². The van der Waals surface area contributed by atoms with Crippen molar-refractivity contribution in [2.45, 2.75) is 0 Å². The van der Waals surface area contributed by atoms with E-state index in [1.165, 1.54) is 18.4 Å². The van der Waals surface area contributed by atoms with Crippen molar-refractivity contribution in [3.8, 4) is 0 Å². The highest BCUT2D eigenvalue weighted by Gasteiger charge is 2.15. The predicted octanol–water partition coefficient (Wildman–Crippen LogP) is 1.77. The maximum Gasteiger partial charge on any atom is 0.377 e. The molecule has 2 N–H and O–H groups in total. The number of hydrogen-bond acceptors (Lipinski definition) is 7. The molecule has 0 fully saturated rings. The predicted molar refractivity (Wildman–Crippen MR) is 85.7 cm³/mol. The maximum atomic E-state index is 11.5. The van der Waals surface area contributed by atoms with Crippen molar-refractivity contribution < 1.29 is 23.9 Å². The number of oxime groups is 1. The molecular formula is C15H14N2O5S. The number of esters is 2. The maximum absolute atomic E-state index is 11.5. The first kappa shape index (κ1) is 16.5. The SMILES string of the molecule is COC(=O)/C=C(/O/N=C(\N)c1cc2ccccc2s1)C(=O)OC. The molecule has 0 aliphatic carbocycles. The summed E-state index contributed by atoms with van der Waals surface area (Å²) in [5.41, 5.74) is 5.85. The molecule has 0 aliphatic rings. The second kappa shape index (κ2) is 7.41. The lowest BCUT2D eigenvalue weighted by Crippen LogP contribution is -2.15. The Hall–Kier alpha value is -2.87. The molecule has 0 saturated carbocycles. The van der Waals surface area contributed by atoms with Gasteiger partial charge in [-0.05, 0) is 17.5 Å². The van der Waals surface area contributed by atoms with Gasteiger partial charge in [-0.3, -0.25) is 0 Å². The number of nitrogens with two attached hydrogens (primary N) is 1. The molecular weight excluding hydrogens is 320 g/mol. The number of rotatable bonds is 5. The van der Waals surface area contributed by atoms with Gasteiger partial charge in [0, 0.05) is 4.70 Å². The highest BCUT2D eigenvalue weighted by atomic mass is 32.1. The van der Waals surface area contributed by atoms with Gasteiger partial charge in [-0.1, -0.05) is 23.4 Å². The highest BCUT2D eigenvalue weighted by Crippen LogP contribution is 2.25. The summed E-state index contributed by atoms with van der Waals surface area (Å²) >= 11 is 1.43. The largest absolute Gasteiger partial charge is 0.466 e. The summed E-state index contributed by atoms with van der Waals surface area (Å²) in [5.74, 6) is -2.00. The van der Waals surface area contributed by atoms with Crippen LogP contribution in [-0.2, 0) is 23.9 Å². The van der Waals surface area contributed by atoms with Crippen LogP contribution < -0.4 is 5.73 Å². The summed E-state index contributed by atoms with van der Waals surface area (Å²) in [7, 11) is 2.32. The molecule has 0 aliphatic heterocycles. The van der Waals surface area contributed by atoms with Crippen molar-refractivity contribution >= 4 is 39.2 Å². The Labute approximate surface area is 135 Å². The first-order valence-corrected chi connectivity index (χ1v) is 7.24. The summed E-state index contributed by atoms with van der Waals surface area (Å²) in [6.07, 6.45) is 0.827. The van der Waals surface area contributed by atoms with Crippen molar-refractivity contribution in [2.75, 3.05) is 14.2 Å². The normalized spacial score (nSPS) is 12.1. The number of fused-ring (bicyclic) bond motifs is 1.